The zero-order valence-electron chi connectivity index (χ0n) is 14.2. The summed E-state index contributed by atoms with van der Waals surface area (Å²) >= 11 is 12.5. The molecule has 0 N–H and O–H groups in total. The highest BCUT2D eigenvalue weighted by Crippen LogP contribution is 2.47. The molecule has 25 heavy (non-hydrogen) atoms. The summed E-state index contributed by atoms with van der Waals surface area (Å²) in [5.41, 5.74) is 3.96. The van der Waals surface area contributed by atoms with E-state index in [2.05, 4.69) is 29.2 Å². The number of hydrogen-bond acceptors (Lipinski definition) is 2. The first-order valence-electron chi connectivity index (χ1n) is 8.77. The van der Waals surface area contributed by atoms with E-state index < -0.39 is 0 Å². The third-order valence-corrected chi connectivity index (χ3v) is 6.04. The topological polar surface area (TPSA) is 20.3 Å². The lowest BCUT2D eigenvalue weighted by molar-refractivity contribution is -0.117. The Balaban J connectivity index is 1.76. The van der Waals surface area contributed by atoms with Gasteiger partial charge in [0.25, 0.3) is 0 Å². The fourth-order valence-electron chi connectivity index (χ4n) is 4.72. The molecular weight excluding hydrogens is 353 g/mol. The van der Waals surface area contributed by atoms with Gasteiger partial charge in [0.2, 0.25) is 0 Å². The van der Waals surface area contributed by atoms with E-state index in [4.69, 9.17) is 23.2 Å². The Labute approximate surface area is 158 Å². The molecule has 2 aliphatic rings. The first-order chi connectivity index (χ1) is 12.0. The van der Waals surface area contributed by atoms with E-state index in [1.807, 2.05) is 18.2 Å². The van der Waals surface area contributed by atoms with Gasteiger partial charge in [-0.2, -0.15) is 0 Å². The van der Waals surface area contributed by atoms with Crippen LogP contribution in [0.3, 0.4) is 0 Å². The molecule has 4 heteroatoms. The van der Waals surface area contributed by atoms with Crippen LogP contribution in [0.4, 0.5) is 0 Å². The van der Waals surface area contributed by atoms with Crippen LogP contribution >= 0.6 is 23.2 Å². The van der Waals surface area contributed by atoms with E-state index in [0.717, 1.165) is 29.6 Å². The maximum Gasteiger partial charge on any atom is 0.143 e. The molecule has 0 radical (unpaired) electrons. The van der Waals surface area contributed by atoms with Gasteiger partial charge in [0.1, 0.15) is 5.78 Å². The van der Waals surface area contributed by atoms with Crippen molar-refractivity contribution >= 4 is 29.0 Å². The Bertz CT molecular complexity index is 819. The first kappa shape index (κ1) is 17.1. The molecular formula is C21H21Cl2NO. The summed E-state index contributed by atoms with van der Waals surface area (Å²) in [5.74, 6) is 1.60. The van der Waals surface area contributed by atoms with Gasteiger partial charge < -0.3 is 0 Å². The van der Waals surface area contributed by atoms with E-state index >= 15 is 0 Å². The van der Waals surface area contributed by atoms with Crippen molar-refractivity contribution in [3.8, 4) is 0 Å². The van der Waals surface area contributed by atoms with Gasteiger partial charge in [0.15, 0.2) is 0 Å². The highest BCUT2D eigenvalue weighted by molar-refractivity contribution is 6.31. The standard InChI is InChI=1S/C21H21Cl2NO/c1-13(25)10-24-11-16-7-15-9-18(23)5-6-19(15)21(20(16)12-24)14-3-2-4-17(22)8-14/h2-6,8-9,16,20-21H,7,10-12H2,1H3. The van der Waals surface area contributed by atoms with E-state index in [1.165, 1.54) is 16.7 Å². The molecule has 1 aliphatic heterocycles. The maximum atomic E-state index is 11.6. The first-order valence-corrected chi connectivity index (χ1v) is 9.52. The lowest BCUT2D eigenvalue weighted by atomic mass is 9.68. The summed E-state index contributed by atoms with van der Waals surface area (Å²) in [5, 5.41) is 1.56. The van der Waals surface area contributed by atoms with Crippen LogP contribution in [0.1, 0.15) is 29.5 Å². The molecule has 130 valence electrons. The molecule has 3 unspecified atom stereocenters. The smallest absolute Gasteiger partial charge is 0.143 e. The minimum Gasteiger partial charge on any atom is -0.299 e. The molecule has 0 aromatic heterocycles. The average molecular weight is 374 g/mol. The summed E-state index contributed by atoms with van der Waals surface area (Å²) in [6, 6.07) is 14.5. The van der Waals surface area contributed by atoms with Gasteiger partial charge in [-0.15, -0.1) is 0 Å². The van der Waals surface area contributed by atoms with Crippen molar-refractivity contribution in [2.45, 2.75) is 19.3 Å². The number of benzene rings is 2. The largest absolute Gasteiger partial charge is 0.299 e. The summed E-state index contributed by atoms with van der Waals surface area (Å²) in [7, 11) is 0. The molecule has 2 nitrogen and oxygen atoms in total. The number of halogens is 2. The molecule has 2 aromatic rings. The molecule has 1 heterocycles. The van der Waals surface area contributed by atoms with Crippen LogP contribution in [0, 0.1) is 11.8 Å². The average Bonchev–Trinajstić information content (AvgIpc) is 2.93. The number of Topliss-reactive ketones (excluding diaryl/α,β-unsaturated/α-hetero) is 1. The Hall–Kier alpha value is -1.35. The van der Waals surface area contributed by atoms with Crippen molar-refractivity contribution < 1.29 is 4.79 Å². The molecule has 2 aromatic carbocycles. The second-order valence-corrected chi connectivity index (χ2v) is 8.27. The Morgan fingerprint density at radius 3 is 2.68 bits per heavy atom. The zero-order valence-corrected chi connectivity index (χ0v) is 15.7. The van der Waals surface area contributed by atoms with Crippen LogP contribution < -0.4 is 0 Å². The fraction of sp³-hybridized carbons (Fsp3) is 0.381. The van der Waals surface area contributed by atoms with Crippen molar-refractivity contribution in [2.24, 2.45) is 11.8 Å². The molecule has 0 amide bonds. The lowest BCUT2D eigenvalue weighted by Crippen LogP contribution is -2.29. The van der Waals surface area contributed by atoms with Crippen LogP contribution in [0.5, 0.6) is 0 Å². The van der Waals surface area contributed by atoms with Crippen LogP contribution in [-0.4, -0.2) is 30.3 Å². The van der Waals surface area contributed by atoms with Crippen LogP contribution in [-0.2, 0) is 11.2 Å². The van der Waals surface area contributed by atoms with Gasteiger partial charge in [-0.25, -0.2) is 0 Å². The molecule has 3 atom stereocenters. The lowest BCUT2D eigenvalue weighted by Gasteiger charge is -2.36. The third-order valence-electron chi connectivity index (χ3n) is 5.57. The number of nitrogens with zero attached hydrogens (tertiary/aromatic N) is 1. The predicted molar refractivity (Wildman–Crippen MR) is 103 cm³/mol. The minimum absolute atomic E-state index is 0.235. The summed E-state index contributed by atoms with van der Waals surface area (Å²) in [6.45, 7) is 4.16. The van der Waals surface area contributed by atoms with Crippen LogP contribution in [0.15, 0.2) is 42.5 Å². The summed E-state index contributed by atoms with van der Waals surface area (Å²) in [6.07, 6.45) is 1.03. The minimum atomic E-state index is 0.235. The molecule has 0 spiro atoms. The van der Waals surface area contributed by atoms with Crippen LogP contribution in [0.25, 0.3) is 0 Å². The van der Waals surface area contributed by atoms with Crippen molar-refractivity contribution in [3.63, 3.8) is 0 Å². The Morgan fingerprint density at radius 1 is 1.12 bits per heavy atom. The van der Waals surface area contributed by atoms with Gasteiger partial charge in [-0.1, -0.05) is 41.4 Å². The maximum absolute atomic E-state index is 11.6. The molecule has 0 saturated carbocycles. The number of rotatable bonds is 3. The van der Waals surface area contributed by atoms with Crippen LogP contribution in [0.2, 0.25) is 10.0 Å². The highest BCUT2D eigenvalue weighted by Gasteiger charge is 2.43. The molecule has 1 saturated heterocycles. The van der Waals surface area contributed by atoms with E-state index in [9.17, 15) is 4.79 Å². The van der Waals surface area contributed by atoms with Crippen molar-refractivity contribution in [1.29, 1.82) is 0 Å². The SMILES string of the molecule is CC(=O)CN1CC2Cc3cc(Cl)ccc3C(c3cccc(Cl)c3)C2C1. The van der Waals surface area contributed by atoms with Gasteiger partial charge >= 0.3 is 0 Å². The monoisotopic (exact) mass is 373 g/mol. The number of hydrogen-bond donors (Lipinski definition) is 0. The second-order valence-electron chi connectivity index (χ2n) is 7.40. The Kier molecular flexibility index (Phi) is 4.61. The van der Waals surface area contributed by atoms with Gasteiger partial charge in [-0.3, -0.25) is 9.69 Å². The van der Waals surface area contributed by atoms with Crippen molar-refractivity contribution in [2.75, 3.05) is 19.6 Å². The quantitative estimate of drug-likeness (QED) is 0.768. The Morgan fingerprint density at radius 2 is 1.92 bits per heavy atom. The fourth-order valence-corrected chi connectivity index (χ4v) is 5.11. The predicted octanol–water partition coefficient (Wildman–Crippen LogP) is 4.82. The van der Waals surface area contributed by atoms with Gasteiger partial charge in [0, 0.05) is 29.1 Å². The van der Waals surface area contributed by atoms with Crippen molar-refractivity contribution in [3.05, 3.63) is 69.2 Å². The number of carbonyl (C=O) groups excluding carboxylic acids is 1. The van der Waals surface area contributed by atoms with E-state index in [0.29, 0.717) is 24.3 Å². The molecule has 1 fully saturated rings. The third kappa shape index (κ3) is 3.36. The van der Waals surface area contributed by atoms with E-state index in [1.54, 1.807) is 6.92 Å². The van der Waals surface area contributed by atoms with Gasteiger partial charge in [0.05, 0.1) is 6.54 Å². The molecule has 4 rings (SSSR count). The van der Waals surface area contributed by atoms with Gasteiger partial charge in [-0.05, 0) is 66.1 Å². The van der Waals surface area contributed by atoms with Crippen molar-refractivity contribution in [1.82, 2.24) is 4.90 Å². The van der Waals surface area contributed by atoms with E-state index in [-0.39, 0.29) is 5.78 Å². The highest BCUT2D eigenvalue weighted by atomic mass is 35.5. The zero-order chi connectivity index (χ0) is 17.6. The summed E-state index contributed by atoms with van der Waals surface area (Å²) < 4.78 is 0. The number of ketones is 1. The normalized spacial score (nSPS) is 25.5. The number of likely N-dealkylation sites (tertiary alicyclic amines) is 1. The second kappa shape index (κ2) is 6.75. The molecule has 1 aliphatic carbocycles. The molecule has 0 bridgehead atoms. The number of fused-ring (bicyclic) bond motifs is 2. The summed E-state index contributed by atoms with van der Waals surface area (Å²) in [4.78, 5) is 13.9. The number of carbonyl (C=O) groups is 1.